The lowest BCUT2D eigenvalue weighted by Gasteiger charge is -2.05. The van der Waals surface area contributed by atoms with E-state index >= 15 is 0 Å². The normalized spacial score (nSPS) is 13.0. The summed E-state index contributed by atoms with van der Waals surface area (Å²) in [6.07, 6.45) is 2.47. The molecule has 1 aliphatic rings. The minimum Gasteiger partial charge on any atom is -0.360 e. The summed E-state index contributed by atoms with van der Waals surface area (Å²) in [5, 5.41) is 5.00. The third-order valence-corrected chi connectivity index (χ3v) is 4.52. The van der Waals surface area contributed by atoms with Gasteiger partial charge < -0.3 is 9.51 Å². The van der Waals surface area contributed by atoms with Gasteiger partial charge in [-0.25, -0.2) is 4.79 Å². The number of nitrogens with one attached hydrogen (secondary N) is 1. The Kier molecular flexibility index (Phi) is 1.95. The van der Waals surface area contributed by atoms with Crippen molar-refractivity contribution in [3.8, 4) is 11.1 Å². The van der Waals surface area contributed by atoms with E-state index in [1.54, 1.807) is 17.8 Å². The molecule has 4 aromatic rings. The Morgan fingerprint density at radius 1 is 1.36 bits per heavy atom. The van der Waals surface area contributed by atoms with E-state index < -0.39 is 0 Å². The smallest absolute Gasteiger partial charge is 0.326 e. The first-order valence-electron chi connectivity index (χ1n) is 7.09. The van der Waals surface area contributed by atoms with Crippen molar-refractivity contribution in [1.29, 1.82) is 0 Å². The van der Waals surface area contributed by atoms with E-state index in [1.165, 1.54) is 5.56 Å². The zero-order valence-electron chi connectivity index (χ0n) is 12.1. The van der Waals surface area contributed by atoms with Crippen LogP contribution in [0.3, 0.4) is 0 Å². The molecule has 0 saturated carbocycles. The molecule has 0 amide bonds. The van der Waals surface area contributed by atoms with Crippen LogP contribution in [0.15, 0.2) is 27.6 Å². The van der Waals surface area contributed by atoms with Gasteiger partial charge in [-0.2, -0.15) is 0 Å². The fourth-order valence-electron chi connectivity index (χ4n) is 3.39. The number of aromatic amines is 1. The number of nitrogens with zero attached hydrogens (tertiary/aromatic N) is 3. The van der Waals surface area contributed by atoms with Crippen molar-refractivity contribution in [2.24, 2.45) is 7.05 Å². The number of rotatable bonds is 0. The Morgan fingerprint density at radius 3 is 3.09 bits per heavy atom. The van der Waals surface area contributed by atoms with Gasteiger partial charge in [-0.15, -0.1) is 0 Å². The summed E-state index contributed by atoms with van der Waals surface area (Å²) < 4.78 is 6.97. The molecule has 0 bridgehead atoms. The third-order valence-electron chi connectivity index (χ3n) is 4.52. The van der Waals surface area contributed by atoms with Crippen molar-refractivity contribution >= 4 is 21.9 Å². The van der Waals surface area contributed by atoms with E-state index in [9.17, 15) is 4.79 Å². The number of H-pyrrole nitrogens is 1. The first-order chi connectivity index (χ1) is 10.6. The van der Waals surface area contributed by atoms with Gasteiger partial charge in [0.15, 0.2) is 0 Å². The standard InChI is InChI=1S/C16H12N4O2/c1-7-14-9-5-11-10(3-8(9)4-13(14)22-19-7)15-12(6-17-11)20(2)16(21)18-15/h3,5-6H,4H2,1-2H3,(H,18,21). The average molecular weight is 292 g/mol. The summed E-state index contributed by atoms with van der Waals surface area (Å²) >= 11 is 0. The van der Waals surface area contributed by atoms with Gasteiger partial charge in [0, 0.05) is 24.4 Å². The summed E-state index contributed by atoms with van der Waals surface area (Å²) in [5.41, 5.74) is 6.68. The van der Waals surface area contributed by atoms with Crippen LogP contribution in [0, 0.1) is 6.92 Å². The second-order valence-electron chi connectivity index (χ2n) is 5.78. The minimum atomic E-state index is -0.128. The maximum atomic E-state index is 11.9. The molecule has 5 rings (SSSR count). The van der Waals surface area contributed by atoms with Crippen molar-refractivity contribution in [3.05, 3.63) is 45.8 Å². The molecular weight excluding hydrogens is 280 g/mol. The molecule has 1 N–H and O–H groups in total. The third kappa shape index (κ3) is 1.27. The van der Waals surface area contributed by atoms with Crippen molar-refractivity contribution in [2.45, 2.75) is 13.3 Å². The molecule has 6 heteroatoms. The van der Waals surface area contributed by atoms with E-state index in [0.717, 1.165) is 50.9 Å². The Balaban J connectivity index is 1.91. The molecular formula is C16H12N4O2. The van der Waals surface area contributed by atoms with Gasteiger partial charge >= 0.3 is 5.69 Å². The second-order valence-corrected chi connectivity index (χ2v) is 5.78. The Labute approximate surface area is 124 Å². The number of hydrogen-bond donors (Lipinski definition) is 1. The summed E-state index contributed by atoms with van der Waals surface area (Å²) in [5.74, 6) is 0.903. The minimum absolute atomic E-state index is 0.128. The fourth-order valence-corrected chi connectivity index (χ4v) is 3.39. The van der Waals surface area contributed by atoms with Crippen LogP contribution in [0.4, 0.5) is 0 Å². The summed E-state index contributed by atoms with van der Waals surface area (Å²) in [6.45, 7) is 1.95. The van der Waals surface area contributed by atoms with E-state index in [4.69, 9.17) is 4.52 Å². The first kappa shape index (κ1) is 11.7. The van der Waals surface area contributed by atoms with E-state index in [2.05, 4.69) is 27.3 Å². The van der Waals surface area contributed by atoms with Crippen LogP contribution in [0.1, 0.15) is 17.0 Å². The van der Waals surface area contributed by atoms with Crippen LogP contribution in [0.25, 0.3) is 33.1 Å². The Hall–Kier alpha value is -2.89. The van der Waals surface area contributed by atoms with Crippen LogP contribution in [-0.2, 0) is 13.5 Å². The van der Waals surface area contributed by atoms with Crippen LogP contribution in [-0.4, -0.2) is 19.7 Å². The zero-order chi connectivity index (χ0) is 15.0. The molecule has 0 fully saturated rings. The second kappa shape index (κ2) is 3.65. The number of aryl methyl sites for hydroxylation is 2. The van der Waals surface area contributed by atoms with Crippen molar-refractivity contribution in [1.82, 2.24) is 19.7 Å². The van der Waals surface area contributed by atoms with Gasteiger partial charge in [0.1, 0.15) is 5.76 Å². The van der Waals surface area contributed by atoms with Crippen LogP contribution >= 0.6 is 0 Å². The average Bonchev–Trinajstić information content (AvgIpc) is 3.12. The molecule has 108 valence electrons. The number of aromatic nitrogens is 4. The van der Waals surface area contributed by atoms with Crippen LogP contribution in [0.5, 0.6) is 0 Å². The topological polar surface area (TPSA) is 76.7 Å². The lowest BCUT2D eigenvalue weighted by molar-refractivity contribution is 0.387. The highest BCUT2D eigenvalue weighted by Gasteiger charge is 2.26. The molecule has 0 aliphatic heterocycles. The molecule has 0 saturated heterocycles. The quantitative estimate of drug-likeness (QED) is 0.475. The molecule has 3 aromatic heterocycles. The number of benzene rings is 1. The van der Waals surface area contributed by atoms with Crippen LogP contribution < -0.4 is 5.69 Å². The molecule has 1 aliphatic carbocycles. The molecule has 3 heterocycles. The lowest BCUT2D eigenvalue weighted by Crippen LogP contribution is -2.11. The van der Waals surface area contributed by atoms with Gasteiger partial charge in [0.25, 0.3) is 0 Å². The highest BCUT2D eigenvalue weighted by atomic mass is 16.5. The summed E-state index contributed by atoms with van der Waals surface area (Å²) in [4.78, 5) is 19.3. The molecule has 0 radical (unpaired) electrons. The number of fused-ring (bicyclic) bond motifs is 6. The molecule has 0 atom stereocenters. The molecule has 1 aromatic carbocycles. The highest BCUT2D eigenvalue weighted by molar-refractivity contribution is 6.04. The largest absolute Gasteiger partial charge is 0.360 e. The van der Waals surface area contributed by atoms with Crippen molar-refractivity contribution in [3.63, 3.8) is 0 Å². The molecule has 22 heavy (non-hydrogen) atoms. The number of pyridine rings is 1. The maximum absolute atomic E-state index is 11.9. The monoisotopic (exact) mass is 292 g/mol. The van der Waals surface area contributed by atoms with Gasteiger partial charge in [0.05, 0.1) is 28.4 Å². The van der Waals surface area contributed by atoms with Gasteiger partial charge in [-0.1, -0.05) is 5.16 Å². The maximum Gasteiger partial charge on any atom is 0.326 e. The van der Waals surface area contributed by atoms with E-state index in [-0.39, 0.29) is 5.69 Å². The van der Waals surface area contributed by atoms with Crippen LogP contribution in [0.2, 0.25) is 0 Å². The summed E-state index contributed by atoms with van der Waals surface area (Å²) in [7, 11) is 1.74. The SMILES string of the molecule is Cc1noc2c1-c1cc3ncc4c([nH]c(=O)n4C)c3cc1C2. The number of hydrogen-bond acceptors (Lipinski definition) is 4. The van der Waals surface area contributed by atoms with Crippen molar-refractivity contribution < 1.29 is 4.52 Å². The Bertz CT molecular complexity index is 1150. The lowest BCUT2D eigenvalue weighted by atomic mass is 10.0. The van der Waals surface area contributed by atoms with E-state index in [1.807, 2.05) is 6.92 Å². The van der Waals surface area contributed by atoms with Gasteiger partial charge in [0.2, 0.25) is 0 Å². The van der Waals surface area contributed by atoms with Gasteiger partial charge in [-0.3, -0.25) is 9.55 Å². The predicted molar refractivity (Wildman–Crippen MR) is 81.9 cm³/mol. The molecule has 0 unspecified atom stereocenters. The highest BCUT2D eigenvalue weighted by Crippen LogP contribution is 2.41. The fraction of sp³-hybridized carbons (Fsp3) is 0.188. The summed E-state index contributed by atoms with van der Waals surface area (Å²) in [6, 6.07) is 4.16. The molecule has 6 nitrogen and oxygen atoms in total. The molecule has 0 spiro atoms. The Morgan fingerprint density at radius 2 is 2.23 bits per heavy atom. The first-order valence-corrected chi connectivity index (χ1v) is 7.09. The van der Waals surface area contributed by atoms with E-state index in [0.29, 0.717) is 0 Å². The van der Waals surface area contributed by atoms with Gasteiger partial charge in [-0.05, 0) is 30.2 Å². The number of imidazole rings is 1. The van der Waals surface area contributed by atoms with Crippen molar-refractivity contribution in [2.75, 3.05) is 0 Å². The predicted octanol–water partition coefficient (Wildman–Crippen LogP) is 2.28. The zero-order valence-corrected chi connectivity index (χ0v) is 12.1.